The average molecular weight is 356 g/mol. The minimum Gasteiger partial charge on any atom is -0.494 e. The fourth-order valence-corrected chi connectivity index (χ4v) is 2.89. The molecular formula is C21H16N4O2. The topological polar surface area (TPSA) is 77.0 Å². The van der Waals surface area contributed by atoms with E-state index < -0.39 is 0 Å². The molecule has 6 heteroatoms. The van der Waals surface area contributed by atoms with Gasteiger partial charge in [-0.3, -0.25) is 4.79 Å². The highest BCUT2D eigenvalue weighted by Crippen LogP contribution is 2.32. The summed E-state index contributed by atoms with van der Waals surface area (Å²) in [5.74, 6) is 1.01. The third-order valence-corrected chi connectivity index (χ3v) is 4.22. The highest BCUT2D eigenvalue weighted by atomic mass is 16.5. The third kappa shape index (κ3) is 3.32. The highest BCUT2D eigenvalue weighted by Gasteiger charge is 2.11. The number of ether oxygens (including phenoxy) is 1. The Bertz CT molecular complexity index is 1100. The van der Waals surface area contributed by atoms with E-state index in [2.05, 4.69) is 20.3 Å². The van der Waals surface area contributed by atoms with Crippen LogP contribution in [0.4, 0.5) is 5.82 Å². The van der Waals surface area contributed by atoms with Crippen LogP contribution < -0.4 is 10.1 Å². The minimum atomic E-state index is -0.205. The van der Waals surface area contributed by atoms with Gasteiger partial charge in [0.05, 0.1) is 7.11 Å². The Morgan fingerprint density at radius 1 is 1.00 bits per heavy atom. The molecule has 0 saturated carbocycles. The molecule has 2 aromatic heterocycles. The van der Waals surface area contributed by atoms with Gasteiger partial charge in [0.15, 0.2) is 0 Å². The fourth-order valence-electron chi connectivity index (χ4n) is 2.89. The van der Waals surface area contributed by atoms with E-state index in [0.29, 0.717) is 17.1 Å². The van der Waals surface area contributed by atoms with Crippen molar-refractivity contribution in [2.24, 2.45) is 0 Å². The Morgan fingerprint density at radius 3 is 2.59 bits per heavy atom. The van der Waals surface area contributed by atoms with Crippen LogP contribution in [0.25, 0.3) is 22.0 Å². The third-order valence-electron chi connectivity index (χ3n) is 4.22. The van der Waals surface area contributed by atoms with E-state index in [0.717, 1.165) is 22.0 Å². The fraction of sp³-hybridized carbons (Fsp3) is 0.0476. The van der Waals surface area contributed by atoms with E-state index in [-0.39, 0.29) is 5.91 Å². The molecule has 0 bridgehead atoms. The van der Waals surface area contributed by atoms with Crippen LogP contribution >= 0.6 is 0 Å². The van der Waals surface area contributed by atoms with Crippen LogP contribution in [-0.4, -0.2) is 28.0 Å². The number of anilines is 1. The van der Waals surface area contributed by atoms with Gasteiger partial charge >= 0.3 is 0 Å². The normalized spacial score (nSPS) is 10.6. The van der Waals surface area contributed by atoms with Gasteiger partial charge in [-0.15, -0.1) is 0 Å². The van der Waals surface area contributed by atoms with Gasteiger partial charge < -0.3 is 10.1 Å². The molecule has 0 radical (unpaired) electrons. The van der Waals surface area contributed by atoms with E-state index in [1.54, 1.807) is 43.8 Å². The highest BCUT2D eigenvalue weighted by molar-refractivity contribution is 6.04. The summed E-state index contributed by atoms with van der Waals surface area (Å²) in [5.41, 5.74) is 3.25. The largest absolute Gasteiger partial charge is 0.494 e. The molecule has 0 saturated heterocycles. The first kappa shape index (κ1) is 16.7. The molecule has 0 fully saturated rings. The maximum atomic E-state index is 12.4. The monoisotopic (exact) mass is 356 g/mol. The van der Waals surface area contributed by atoms with Gasteiger partial charge in [-0.05, 0) is 47.5 Å². The first-order valence-corrected chi connectivity index (χ1v) is 8.36. The number of nitrogens with zero attached hydrogens (tertiary/aromatic N) is 3. The number of pyridine rings is 1. The lowest BCUT2D eigenvalue weighted by Gasteiger charge is -2.10. The molecule has 0 spiro atoms. The van der Waals surface area contributed by atoms with Crippen LogP contribution in [0.15, 0.2) is 73.3 Å². The van der Waals surface area contributed by atoms with Crippen LogP contribution in [0.2, 0.25) is 0 Å². The molecule has 4 rings (SSSR count). The first-order chi connectivity index (χ1) is 13.3. The van der Waals surface area contributed by atoms with Gasteiger partial charge in [-0.2, -0.15) is 0 Å². The number of methoxy groups -OCH3 is 1. The molecule has 1 amide bonds. The van der Waals surface area contributed by atoms with Gasteiger partial charge in [-0.25, -0.2) is 15.0 Å². The molecule has 2 heterocycles. The molecule has 0 aliphatic carbocycles. The molecule has 4 aromatic rings. The summed E-state index contributed by atoms with van der Waals surface area (Å²) < 4.78 is 5.38. The van der Waals surface area contributed by atoms with Crippen molar-refractivity contribution in [1.82, 2.24) is 15.0 Å². The second kappa shape index (κ2) is 7.21. The Labute approximate surface area is 155 Å². The zero-order valence-electron chi connectivity index (χ0n) is 14.6. The molecule has 0 unspecified atom stereocenters. The molecule has 2 aromatic carbocycles. The SMILES string of the molecule is COc1ccc(-c2ccc(C(=O)Nc3ccccn3)cc2)c2cncnc12. The standard InChI is InChI=1S/C21H16N4O2/c1-27-18-10-9-16(17-12-22-13-24-20(17)18)14-5-7-15(8-6-14)21(26)25-19-4-2-3-11-23-19/h2-13H,1H3,(H,23,25,26). The summed E-state index contributed by atoms with van der Waals surface area (Å²) in [6.45, 7) is 0. The number of rotatable bonds is 4. The molecule has 132 valence electrons. The lowest BCUT2D eigenvalue weighted by molar-refractivity contribution is 0.102. The van der Waals surface area contributed by atoms with Gasteiger partial charge in [0.1, 0.15) is 23.4 Å². The molecule has 6 nitrogen and oxygen atoms in total. The van der Waals surface area contributed by atoms with Gasteiger partial charge in [0, 0.05) is 23.3 Å². The van der Waals surface area contributed by atoms with Crippen molar-refractivity contribution in [3.8, 4) is 16.9 Å². The molecule has 27 heavy (non-hydrogen) atoms. The average Bonchev–Trinajstić information content (AvgIpc) is 2.74. The molecule has 0 atom stereocenters. The molecule has 0 aliphatic heterocycles. The number of carbonyl (C=O) groups is 1. The predicted octanol–water partition coefficient (Wildman–Crippen LogP) is 3.95. The van der Waals surface area contributed by atoms with Crippen molar-refractivity contribution < 1.29 is 9.53 Å². The summed E-state index contributed by atoms with van der Waals surface area (Å²) in [5, 5.41) is 3.67. The zero-order valence-corrected chi connectivity index (χ0v) is 14.6. The van der Waals surface area contributed by atoms with Crippen molar-refractivity contribution >= 4 is 22.6 Å². The summed E-state index contributed by atoms with van der Waals surface area (Å²) in [6, 6.07) is 16.6. The summed E-state index contributed by atoms with van der Waals surface area (Å²) >= 11 is 0. The Kier molecular flexibility index (Phi) is 4.45. The molecule has 1 N–H and O–H groups in total. The summed E-state index contributed by atoms with van der Waals surface area (Å²) in [4.78, 5) is 24.9. The van der Waals surface area contributed by atoms with Crippen LogP contribution in [0.3, 0.4) is 0 Å². The minimum absolute atomic E-state index is 0.205. The number of aromatic nitrogens is 3. The van der Waals surface area contributed by atoms with E-state index in [4.69, 9.17) is 4.74 Å². The van der Waals surface area contributed by atoms with Crippen molar-refractivity contribution in [2.45, 2.75) is 0 Å². The van der Waals surface area contributed by atoms with Crippen LogP contribution in [0.1, 0.15) is 10.4 Å². The summed E-state index contributed by atoms with van der Waals surface area (Å²) in [6.07, 6.45) is 4.90. The first-order valence-electron chi connectivity index (χ1n) is 8.36. The summed E-state index contributed by atoms with van der Waals surface area (Å²) in [7, 11) is 1.62. The lowest BCUT2D eigenvalue weighted by Crippen LogP contribution is -2.12. The number of amides is 1. The number of hydrogen-bond donors (Lipinski definition) is 1. The van der Waals surface area contributed by atoms with Crippen molar-refractivity contribution in [3.05, 3.63) is 78.9 Å². The van der Waals surface area contributed by atoms with E-state index in [9.17, 15) is 4.79 Å². The van der Waals surface area contributed by atoms with Crippen LogP contribution in [-0.2, 0) is 0 Å². The van der Waals surface area contributed by atoms with E-state index in [1.165, 1.54) is 6.33 Å². The number of carbonyl (C=O) groups excluding carboxylic acids is 1. The predicted molar refractivity (Wildman–Crippen MR) is 104 cm³/mol. The van der Waals surface area contributed by atoms with Crippen LogP contribution in [0.5, 0.6) is 5.75 Å². The second-order valence-electron chi connectivity index (χ2n) is 5.85. The number of fused-ring (bicyclic) bond motifs is 1. The lowest BCUT2D eigenvalue weighted by atomic mass is 10.00. The molecular weight excluding hydrogens is 340 g/mol. The van der Waals surface area contributed by atoms with Gasteiger partial charge in [0.2, 0.25) is 0 Å². The Morgan fingerprint density at radius 2 is 1.85 bits per heavy atom. The smallest absolute Gasteiger partial charge is 0.256 e. The van der Waals surface area contributed by atoms with Crippen molar-refractivity contribution in [3.63, 3.8) is 0 Å². The Balaban J connectivity index is 1.65. The molecule has 0 aliphatic rings. The van der Waals surface area contributed by atoms with Crippen LogP contribution in [0, 0.1) is 0 Å². The van der Waals surface area contributed by atoms with Gasteiger partial charge in [-0.1, -0.05) is 18.2 Å². The zero-order chi connectivity index (χ0) is 18.6. The number of hydrogen-bond acceptors (Lipinski definition) is 5. The van der Waals surface area contributed by atoms with Crippen molar-refractivity contribution in [1.29, 1.82) is 0 Å². The maximum absolute atomic E-state index is 12.4. The van der Waals surface area contributed by atoms with E-state index in [1.807, 2.05) is 30.3 Å². The number of benzene rings is 2. The van der Waals surface area contributed by atoms with Gasteiger partial charge in [0.25, 0.3) is 5.91 Å². The number of nitrogens with one attached hydrogen (secondary N) is 1. The quantitative estimate of drug-likeness (QED) is 0.599. The van der Waals surface area contributed by atoms with Crippen molar-refractivity contribution in [2.75, 3.05) is 12.4 Å². The second-order valence-corrected chi connectivity index (χ2v) is 5.85. The maximum Gasteiger partial charge on any atom is 0.256 e. The Hall–Kier alpha value is -3.80. The van der Waals surface area contributed by atoms with E-state index >= 15 is 0 Å².